The van der Waals surface area contributed by atoms with Gasteiger partial charge in [0.15, 0.2) is 0 Å². The third kappa shape index (κ3) is 1.98. The Morgan fingerprint density at radius 3 is 2.33 bits per heavy atom. The van der Waals surface area contributed by atoms with E-state index in [0.29, 0.717) is 6.42 Å². The van der Waals surface area contributed by atoms with Crippen molar-refractivity contribution in [1.82, 2.24) is 0 Å². The first kappa shape index (κ1) is 10.4. The highest BCUT2D eigenvalue weighted by Gasteiger charge is 2.50. The predicted octanol–water partition coefficient (Wildman–Crippen LogP) is 2.90. The van der Waals surface area contributed by atoms with Crippen molar-refractivity contribution in [3.63, 3.8) is 0 Å². The van der Waals surface area contributed by atoms with Crippen LogP contribution in [0.25, 0.3) is 0 Å². The maximum atomic E-state index is 12.7. The topological polar surface area (TPSA) is 9.23 Å². The van der Waals surface area contributed by atoms with Gasteiger partial charge >= 0.3 is 5.92 Å². The molecule has 0 aliphatic carbocycles. The largest absolute Gasteiger partial charge is 0.353 e. The van der Waals surface area contributed by atoms with Gasteiger partial charge < -0.3 is 4.74 Å². The minimum atomic E-state index is -3.65. The summed E-state index contributed by atoms with van der Waals surface area (Å²) >= 11 is 10.1. The van der Waals surface area contributed by atoms with Crippen LogP contribution in [0.5, 0.6) is 0 Å². The molecule has 1 rings (SSSR count). The van der Waals surface area contributed by atoms with Crippen molar-refractivity contribution >= 4 is 23.2 Å². The lowest BCUT2D eigenvalue weighted by molar-refractivity contribution is -0.142. The second-order valence-corrected chi connectivity index (χ2v) is 3.46. The Morgan fingerprint density at radius 1 is 1.42 bits per heavy atom. The first-order chi connectivity index (χ1) is 5.44. The molecule has 0 radical (unpaired) electrons. The minimum absolute atomic E-state index is 0.0360. The van der Waals surface area contributed by atoms with Crippen LogP contribution in [0.15, 0.2) is 0 Å². The van der Waals surface area contributed by atoms with Gasteiger partial charge in [-0.1, -0.05) is 23.2 Å². The van der Waals surface area contributed by atoms with Gasteiger partial charge in [-0.3, -0.25) is 0 Å². The van der Waals surface area contributed by atoms with E-state index in [1.54, 1.807) is 0 Å². The fourth-order valence-electron chi connectivity index (χ4n) is 1.02. The molecule has 3 atom stereocenters. The van der Waals surface area contributed by atoms with Gasteiger partial charge in [-0.2, -0.15) is 8.78 Å². The van der Waals surface area contributed by atoms with Crippen molar-refractivity contribution in [3.05, 3.63) is 0 Å². The lowest BCUT2D eigenvalue weighted by Crippen LogP contribution is -2.39. The van der Waals surface area contributed by atoms with E-state index in [1.807, 2.05) is 0 Å². The molecule has 1 aliphatic heterocycles. The Kier molecular flexibility index (Phi) is 3.12. The number of rotatable bonds is 2. The molecule has 1 heterocycles. The van der Waals surface area contributed by atoms with Crippen LogP contribution in [0.2, 0.25) is 0 Å². The molecular weight excluding hydrogens is 216 g/mol. The average molecular weight is 223 g/mol. The summed E-state index contributed by atoms with van der Waals surface area (Å²) in [6, 6.07) is 0. The first-order valence-electron chi connectivity index (χ1n) is 3.40. The second-order valence-electron chi connectivity index (χ2n) is 2.59. The van der Waals surface area contributed by atoms with Crippen LogP contribution in [0.3, 0.4) is 0 Å². The van der Waals surface area contributed by atoms with Gasteiger partial charge in [0.2, 0.25) is 5.63 Å². The normalized spacial score (nSPS) is 33.8. The highest BCUT2D eigenvalue weighted by Crippen LogP contribution is 2.38. The van der Waals surface area contributed by atoms with Crippen molar-refractivity contribution in [2.24, 2.45) is 0 Å². The smallest absolute Gasteiger partial charge is 0.317 e. The van der Waals surface area contributed by atoms with Crippen LogP contribution < -0.4 is 0 Å². The minimum Gasteiger partial charge on any atom is -0.353 e. The SMILES string of the molecule is FC(Cl)C(F)(F)C1CCC(Cl)O1. The lowest BCUT2D eigenvalue weighted by Gasteiger charge is -2.22. The van der Waals surface area contributed by atoms with Gasteiger partial charge in [-0.25, -0.2) is 4.39 Å². The van der Waals surface area contributed by atoms with Gasteiger partial charge in [0.05, 0.1) is 0 Å². The molecule has 0 aromatic carbocycles. The molecule has 0 aromatic heterocycles. The molecule has 0 spiro atoms. The molecule has 3 unspecified atom stereocenters. The number of halogens is 5. The Bertz CT molecular complexity index is 165. The van der Waals surface area contributed by atoms with Crippen molar-refractivity contribution < 1.29 is 17.9 Å². The Morgan fingerprint density at radius 2 is 2.00 bits per heavy atom. The molecule has 1 nitrogen and oxygen atoms in total. The maximum absolute atomic E-state index is 12.7. The summed E-state index contributed by atoms with van der Waals surface area (Å²) in [5.41, 5.74) is -3.47. The van der Waals surface area contributed by atoms with Crippen LogP contribution in [0.4, 0.5) is 13.2 Å². The van der Waals surface area contributed by atoms with Crippen LogP contribution in [0, 0.1) is 0 Å². The molecule has 0 saturated carbocycles. The zero-order valence-corrected chi connectivity index (χ0v) is 7.46. The van der Waals surface area contributed by atoms with Crippen molar-refractivity contribution in [3.8, 4) is 0 Å². The summed E-state index contributed by atoms with van der Waals surface area (Å²) in [6.45, 7) is 0. The summed E-state index contributed by atoms with van der Waals surface area (Å²) in [6.07, 6.45) is -1.16. The van der Waals surface area contributed by atoms with Gasteiger partial charge in [-0.05, 0) is 12.8 Å². The lowest BCUT2D eigenvalue weighted by atomic mass is 10.1. The van der Waals surface area contributed by atoms with Crippen LogP contribution in [-0.2, 0) is 4.74 Å². The van der Waals surface area contributed by atoms with Crippen LogP contribution in [0.1, 0.15) is 12.8 Å². The fourth-order valence-corrected chi connectivity index (χ4v) is 1.41. The van der Waals surface area contributed by atoms with Gasteiger partial charge in [0, 0.05) is 0 Å². The Hall–Kier alpha value is 0.330. The monoisotopic (exact) mass is 222 g/mol. The van der Waals surface area contributed by atoms with Crippen molar-refractivity contribution in [2.45, 2.75) is 36.1 Å². The Labute approximate surface area is 77.8 Å². The van der Waals surface area contributed by atoms with E-state index in [1.165, 1.54) is 0 Å². The molecule has 12 heavy (non-hydrogen) atoms. The summed E-state index contributed by atoms with van der Waals surface area (Å²) < 4.78 is 42.2. The molecule has 1 fully saturated rings. The third-order valence-electron chi connectivity index (χ3n) is 1.69. The number of hydrogen-bond donors (Lipinski definition) is 0. The molecule has 0 bridgehead atoms. The number of hydrogen-bond acceptors (Lipinski definition) is 1. The van der Waals surface area contributed by atoms with Crippen LogP contribution in [-0.4, -0.2) is 23.2 Å². The summed E-state index contributed by atoms with van der Waals surface area (Å²) in [5, 5.41) is 0. The zero-order chi connectivity index (χ0) is 9.35. The Balaban J connectivity index is 2.57. The van der Waals surface area contributed by atoms with E-state index in [-0.39, 0.29) is 6.42 Å². The van der Waals surface area contributed by atoms with E-state index < -0.39 is 23.2 Å². The average Bonchev–Trinajstić information content (AvgIpc) is 2.35. The van der Waals surface area contributed by atoms with E-state index in [2.05, 4.69) is 16.3 Å². The summed E-state index contributed by atoms with van der Waals surface area (Å²) in [4.78, 5) is 0. The molecular formula is C6H7Cl2F3O. The van der Waals surface area contributed by atoms with E-state index in [0.717, 1.165) is 0 Å². The summed E-state index contributed by atoms with van der Waals surface area (Å²) in [7, 11) is 0. The molecule has 1 aliphatic rings. The zero-order valence-electron chi connectivity index (χ0n) is 5.94. The standard InChI is InChI=1S/C6H7Cl2F3O/c7-4-2-1-3(12-4)6(10,11)5(8)9/h3-5H,1-2H2. The van der Waals surface area contributed by atoms with Gasteiger partial charge in [0.25, 0.3) is 0 Å². The highest BCUT2D eigenvalue weighted by atomic mass is 35.5. The van der Waals surface area contributed by atoms with Crippen molar-refractivity contribution in [2.75, 3.05) is 0 Å². The van der Waals surface area contributed by atoms with Crippen LogP contribution >= 0.6 is 23.2 Å². The highest BCUT2D eigenvalue weighted by molar-refractivity contribution is 6.20. The van der Waals surface area contributed by atoms with Crippen molar-refractivity contribution in [1.29, 1.82) is 0 Å². The number of ether oxygens (including phenoxy) is 1. The van der Waals surface area contributed by atoms with E-state index in [4.69, 9.17) is 11.6 Å². The molecule has 0 N–H and O–H groups in total. The maximum Gasteiger partial charge on any atom is 0.317 e. The predicted molar refractivity (Wildman–Crippen MR) is 39.4 cm³/mol. The van der Waals surface area contributed by atoms with E-state index >= 15 is 0 Å². The molecule has 0 aromatic rings. The molecule has 6 heteroatoms. The quantitative estimate of drug-likeness (QED) is 0.654. The molecule has 72 valence electrons. The molecule has 0 amide bonds. The van der Waals surface area contributed by atoms with Gasteiger partial charge in [-0.15, -0.1) is 0 Å². The van der Waals surface area contributed by atoms with Gasteiger partial charge in [0.1, 0.15) is 11.7 Å². The summed E-state index contributed by atoms with van der Waals surface area (Å²) in [5.74, 6) is -3.65. The first-order valence-corrected chi connectivity index (χ1v) is 4.27. The molecule has 1 saturated heterocycles. The van der Waals surface area contributed by atoms with E-state index in [9.17, 15) is 13.2 Å². The second kappa shape index (κ2) is 3.60. The third-order valence-corrected chi connectivity index (χ3v) is 2.30. The fraction of sp³-hybridized carbons (Fsp3) is 1.00. The number of alkyl halides is 5.